The molecular weight excluding hydrogens is 272 g/mol. The Labute approximate surface area is 132 Å². The number of aryl methyl sites for hydroxylation is 1. The van der Waals surface area contributed by atoms with Gasteiger partial charge < -0.3 is 9.47 Å². The van der Waals surface area contributed by atoms with Crippen LogP contribution in [-0.2, 0) is 6.42 Å². The lowest BCUT2D eigenvalue weighted by Crippen LogP contribution is -2.05. The van der Waals surface area contributed by atoms with Crippen LogP contribution in [0.15, 0.2) is 42.5 Å². The van der Waals surface area contributed by atoms with Crippen LogP contribution in [0.3, 0.4) is 0 Å². The van der Waals surface area contributed by atoms with E-state index in [1.165, 1.54) is 27.8 Å². The number of hydrogen-bond acceptors (Lipinski definition) is 2. The van der Waals surface area contributed by atoms with Gasteiger partial charge in [-0.1, -0.05) is 25.1 Å². The van der Waals surface area contributed by atoms with Gasteiger partial charge in [0.1, 0.15) is 11.5 Å². The van der Waals surface area contributed by atoms with E-state index < -0.39 is 0 Å². The summed E-state index contributed by atoms with van der Waals surface area (Å²) in [5, 5.41) is 0. The molecule has 0 bridgehead atoms. The third-order valence-electron chi connectivity index (χ3n) is 4.44. The molecule has 0 radical (unpaired) electrons. The van der Waals surface area contributed by atoms with E-state index in [9.17, 15) is 0 Å². The van der Waals surface area contributed by atoms with Gasteiger partial charge in [0.25, 0.3) is 0 Å². The highest BCUT2D eigenvalue weighted by Gasteiger charge is 2.19. The molecule has 0 spiro atoms. The van der Waals surface area contributed by atoms with Crippen molar-refractivity contribution >= 4 is 11.1 Å². The molecule has 0 aromatic heterocycles. The highest BCUT2D eigenvalue weighted by Crippen LogP contribution is 2.40. The normalized spacial score (nSPS) is 13.8. The first-order valence-corrected chi connectivity index (χ1v) is 7.80. The van der Waals surface area contributed by atoms with Crippen molar-refractivity contribution in [3.05, 3.63) is 59.2 Å². The molecule has 3 rings (SSSR count). The Morgan fingerprint density at radius 2 is 1.55 bits per heavy atom. The van der Waals surface area contributed by atoms with Gasteiger partial charge in [0.2, 0.25) is 0 Å². The molecule has 0 amide bonds. The summed E-state index contributed by atoms with van der Waals surface area (Å²) in [6.07, 6.45) is 3.19. The van der Waals surface area contributed by atoms with Crippen molar-refractivity contribution in [1.82, 2.24) is 0 Å². The molecule has 0 atom stereocenters. The SMILES string of the molecule is CCC1=C(c2ccc(OC)cc2)CCc2cc(OC)ccc21. The molecule has 1 aliphatic carbocycles. The van der Waals surface area contributed by atoms with E-state index in [2.05, 4.69) is 37.3 Å². The fourth-order valence-electron chi connectivity index (χ4n) is 3.29. The van der Waals surface area contributed by atoms with Crippen LogP contribution in [0.1, 0.15) is 36.5 Å². The molecule has 0 heterocycles. The zero-order valence-corrected chi connectivity index (χ0v) is 13.5. The predicted molar refractivity (Wildman–Crippen MR) is 91.4 cm³/mol. The van der Waals surface area contributed by atoms with Gasteiger partial charge in [-0.2, -0.15) is 0 Å². The van der Waals surface area contributed by atoms with Crippen molar-refractivity contribution in [2.24, 2.45) is 0 Å². The van der Waals surface area contributed by atoms with E-state index in [0.29, 0.717) is 0 Å². The van der Waals surface area contributed by atoms with E-state index in [-0.39, 0.29) is 0 Å². The smallest absolute Gasteiger partial charge is 0.119 e. The van der Waals surface area contributed by atoms with Gasteiger partial charge >= 0.3 is 0 Å². The van der Waals surface area contributed by atoms with Crippen molar-refractivity contribution in [3.63, 3.8) is 0 Å². The zero-order valence-electron chi connectivity index (χ0n) is 13.5. The number of allylic oxidation sites excluding steroid dienone is 2. The number of rotatable bonds is 4. The van der Waals surface area contributed by atoms with Gasteiger partial charge in [-0.25, -0.2) is 0 Å². The van der Waals surface area contributed by atoms with Gasteiger partial charge in [0, 0.05) is 0 Å². The topological polar surface area (TPSA) is 18.5 Å². The summed E-state index contributed by atoms with van der Waals surface area (Å²) < 4.78 is 10.6. The molecule has 2 aromatic carbocycles. The van der Waals surface area contributed by atoms with Gasteiger partial charge in [-0.3, -0.25) is 0 Å². The summed E-state index contributed by atoms with van der Waals surface area (Å²) in [6.45, 7) is 2.23. The van der Waals surface area contributed by atoms with Crippen LogP contribution < -0.4 is 9.47 Å². The predicted octanol–water partition coefficient (Wildman–Crippen LogP) is 4.97. The Hall–Kier alpha value is -2.22. The number of ether oxygens (including phenoxy) is 2. The second-order valence-corrected chi connectivity index (χ2v) is 5.56. The Bertz CT molecular complexity index is 696. The molecular formula is C20H22O2. The summed E-state index contributed by atoms with van der Waals surface area (Å²) in [5.74, 6) is 1.85. The number of benzene rings is 2. The second-order valence-electron chi connectivity index (χ2n) is 5.56. The molecule has 114 valence electrons. The monoisotopic (exact) mass is 294 g/mol. The average Bonchev–Trinajstić information content (AvgIpc) is 2.60. The largest absolute Gasteiger partial charge is 0.497 e. The standard InChI is InChI=1S/C20H22O2/c1-4-18-19(14-5-8-16(21-2)9-6-14)11-7-15-13-17(22-3)10-12-20(15)18/h5-6,8-10,12-13H,4,7,11H2,1-3H3. The van der Waals surface area contributed by atoms with Gasteiger partial charge in [0.05, 0.1) is 14.2 Å². The Morgan fingerprint density at radius 3 is 2.18 bits per heavy atom. The summed E-state index contributed by atoms with van der Waals surface area (Å²) in [4.78, 5) is 0. The maximum atomic E-state index is 5.36. The molecule has 1 aliphatic rings. The fourth-order valence-corrected chi connectivity index (χ4v) is 3.29. The van der Waals surface area contributed by atoms with Crippen LogP contribution >= 0.6 is 0 Å². The maximum Gasteiger partial charge on any atom is 0.119 e. The van der Waals surface area contributed by atoms with E-state index in [1.54, 1.807) is 14.2 Å². The average molecular weight is 294 g/mol. The lowest BCUT2D eigenvalue weighted by molar-refractivity contribution is 0.414. The van der Waals surface area contributed by atoms with E-state index >= 15 is 0 Å². The first kappa shape index (κ1) is 14.7. The quantitative estimate of drug-likeness (QED) is 0.792. The Morgan fingerprint density at radius 1 is 0.864 bits per heavy atom. The summed E-state index contributed by atoms with van der Waals surface area (Å²) in [5.41, 5.74) is 6.99. The van der Waals surface area contributed by atoms with Crippen molar-refractivity contribution in [1.29, 1.82) is 0 Å². The van der Waals surface area contributed by atoms with Gasteiger partial charge in [0.15, 0.2) is 0 Å². The van der Waals surface area contributed by atoms with Crippen molar-refractivity contribution in [3.8, 4) is 11.5 Å². The molecule has 0 unspecified atom stereocenters. The lowest BCUT2D eigenvalue weighted by atomic mass is 9.81. The van der Waals surface area contributed by atoms with Crippen LogP contribution in [0.25, 0.3) is 11.1 Å². The Balaban J connectivity index is 2.06. The molecule has 0 aliphatic heterocycles. The minimum Gasteiger partial charge on any atom is -0.497 e. The van der Waals surface area contributed by atoms with Gasteiger partial charge in [-0.15, -0.1) is 0 Å². The molecule has 22 heavy (non-hydrogen) atoms. The van der Waals surface area contributed by atoms with Crippen LogP contribution in [0, 0.1) is 0 Å². The molecule has 0 fully saturated rings. The zero-order chi connectivity index (χ0) is 15.5. The molecule has 2 nitrogen and oxygen atoms in total. The van der Waals surface area contributed by atoms with Crippen molar-refractivity contribution in [2.75, 3.05) is 14.2 Å². The number of methoxy groups -OCH3 is 2. The summed E-state index contributed by atoms with van der Waals surface area (Å²) in [7, 11) is 3.43. The third-order valence-corrected chi connectivity index (χ3v) is 4.44. The molecule has 0 N–H and O–H groups in total. The number of fused-ring (bicyclic) bond motifs is 1. The van der Waals surface area contributed by atoms with Crippen LogP contribution in [0.5, 0.6) is 11.5 Å². The Kier molecular flexibility index (Phi) is 4.19. The molecule has 0 saturated carbocycles. The van der Waals surface area contributed by atoms with Crippen LogP contribution in [0.4, 0.5) is 0 Å². The minimum atomic E-state index is 0.906. The summed E-state index contributed by atoms with van der Waals surface area (Å²) >= 11 is 0. The second kappa shape index (κ2) is 6.27. The third kappa shape index (κ3) is 2.61. The van der Waals surface area contributed by atoms with E-state index in [1.807, 2.05) is 12.1 Å². The molecule has 0 saturated heterocycles. The summed E-state index contributed by atoms with van der Waals surface area (Å²) in [6, 6.07) is 14.9. The first-order chi connectivity index (χ1) is 10.8. The minimum absolute atomic E-state index is 0.906. The number of hydrogen-bond donors (Lipinski definition) is 0. The lowest BCUT2D eigenvalue weighted by Gasteiger charge is -2.24. The molecule has 2 aromatic rings. The van der Waals surface area contributed by atoms with E-state index in [0.717, 1.165) is 30.8 Å². The first-order valence-electron chi connectivity index (χ1n) is 7.80. The highest BCUT2D eigenvalue weighted by molar-refractivity contribution is 5.93. The van der Waals surface area contributed by atoms with Crippen molar-refractivity contribution < 1.29 is 9.47 Å². The van der Waals surface area contributed by atoms with E-state index in [4.69, 9.17) is 9.47 Å². The van der Waals surface area contributed by atoms with Gasteiger partial charge in [-0.05, 0) is 71.4 Å². The highest BCUT2D eigenvalue weighted by atomic mass is 16.5. The maximum absolute atomic E-state index is 5.36. The van der Waals surface area contributed by atoms with Crippen LogP contribution in [0.2, 0.25) is 0 Å². The molecule has 2 heteroatoms. The van der Waals surface area contributed by atoms with Crippen LogP contribution in [-0.4, -0.2) is 14.2 Å². The van der Waals surface area contributed by atoms with Crippen molar-refractivity contribution in [2.45, 2.75) is 26.2 Å². The fraction of sp³-hybridized carbons (Fsp3) is 0.300.